The van der Waals surface area contributed by atoms with Gasteiger partial charge >= 0.3 is 11.9 Å². The van der Waals surface area contributed by atoms with Crippen molar-refractivity contribution < 1.29 is 47.3 Å². The molecule has 2 aliphatic rings. The second kappa shape index (κ2) is 12.6. The fraction of sp³-hybridized carbons (Fsp3) is 0.591. The quantitative estimate of drug-likeness (QED) is 0.242. The molecular formula is C22H30N4O10S2. The van der Waals surface area contributed by atoms with Gasteiger partial charge in [-0.05, 0) is 24.3 Å². The van der Waals surface area contributed by atoms with Crippen LogP contribution in [0.15, 0.2) is 21.7 Å². The first-order chi connectivity index (χ1) is 17.9. The van der Waals surface area contributed by atoms with Crippen molar-refractivity contribution in [2.24, 2.45) is 0 Å². The van der Waals surface area contributed by atoms with E-state index in [9.17, 15) is 42.6 Å². The normalized spacial score (nSPS) is 23.4. The third-order valence-corrected chi connectivity index (χ3v) is 9.23. The Morgan fingerprint density at radius 2 is 1.55 bits per heavy atom. The molecule has 38 heavy (non-hydrogen) atoms. The van der Waals surface area contributed by atoms with Crippen LogP contribution in [0.5, 0.6) is 0 Å². The van der Waals surface area contributed by atoms with Gasteiger partial charge in [-0.3, -0.25) is 14.4 Å². The van der Waals surface area contributed by atoms with Gasteiger partial charge < -0.3 is 30.1 Å². The first-order valence-corrected chi connectivity index (χ1v) is 14.2. The first kappa shape index (κ1) is 29.5. The van der Waals surface area contributed by atoms with E-state index in [0.29, 0.717) is 0 Å². The molecule has 210 valence electrons. The molecule has 3 amide bonds. The molecule has 0 radical (unpaired) electrons. The number of sulfonamides is 1. The van der Waals surface area contributed by atoms with Crippen molar-refractivity contribution in [3.8, 4) is 0 Å². The fourth-order valence-corrected chi connectivity index (χ4v) is 6.90. The summed E-state index contributed by atoms with van der Waals surface area (Å²) in [5.41, 5.74) is 0. The maximum Gasteiger partial charge on any atom is 0.326 e. The number of amides is 3. The second-order valence-corrected chi connectivity index (χ2v) is 12.0. The summed E-state index contributed by atoms with van der Waals surface area (Å²) in [7, 11) is -2.51. The Kier molecular flexibility index (Phi) is 9.81. The Bertz CT molecular complexity index is 1160. The Morgan fingerprint density at radius 1 is 1.00 bits per heavy atom. The highest BCUT2D eigenvalue weighted by Gasteiger charge is 2.42. The van der Waals surface area contributed by atoms with Crippen LogP contribution in [-0.4, -0.2) is 109 Å². The van der Waals surface area contributed by atoms with Gasteiger partial charge in [-0.2, -0.15) is 0 Å². The van der Waals surface area contributed by atoms with E-state index in [4.69, 9.17) is 4.74 Å². The number of hydrogen-bond acceptors (Lipinski definition) is 9. The molecule has 4 N–H and O–H groups in total. The largest absolute Gasteiger partial charge is 0.480 e. The van der Waals surface area contributed by atoms with Crippen LogP contribution in [0, 0.1) is 0 Å². The summed E-state index contributed by atoms with van der Waals surface area (Å²) in [5, 5.41) is 23.3. The zero-order valence-corrected chi connectivity index (χ0v) is 22.2. The number of rotatable bonds is 12. The van der Waals surface area contributed by atoms with Gasteiger partial charge in [-0.25, -0.2) is 22.7 Å². The maximum atomic E-state index is 12.8. The lowest BCUT2D eigenvalue weighted by Gasteiger charge is -2.23. The topological polar surface area (TPSA) is 200 Å². The number of carbonyl (C=O) groups is 5. The fourth-order valence-electron chi connectivity index (χ4n) is 4.65. The van der Waals surface area contributed by atoms with Crippen LogP contribution in [0.25, 0.3) is 0 Å². The number of carboxylic acids is 2. The van der Waals surface area contributed by atoms with E-state index in [1.807, 2.05) is 0 Å². The Labute approximate surface area is 223 Å². The standard InChI is InChI=1S/C22H30N4O10S2/c1-36-12-17(27)23-13-8-15(21(30)31)25(10-13)18(28)4-2-5-19(29)26-11-14(9-16(26)22(32)33)24-38(34,35)20-6-3-7-37-20/h3,6-7,13-16,24H,2,4-5,8-12H2,1H3,(H,23,27)(H,30,31)(H,32,33). The number of nitrogens with one attached hydrogen (secondary N) is 2. The monoisotopic (exact) mass is 574 g/mol. The maximum absolute atomic E-state index is 12.8. The van der Waals surface area contributed by atoms with E-state index in [-0.39, 0.29) is 56.0 Å². The molecule has 0 saturated carbocycles. The summed E-state index contributed by atoms with van der Waals surface area (Å²) < 4.78 is 32.3. The van der Waals surface area contributed by atoms with E-state index in [1.54, 1.807) is 11.4 Å². The average Bonchev–Trinajstić information content (AvgIpc) is 3.58. The van der Waals surface area contributed by atoms with Crippen molar-refractivity contribution in [2.75, 3.05) is 26.8 Å². The zero-order valence-electron chi connectivity index (χ0n) is 20.6. The Hall–Kier alpha value is -3.08. The van der Waals surface area contributed by atoms with E-state index >= 15 is 0 Å². The average molecular weight is 575 g/mol. The Morgan fingerprint density at radius 3 is 2.05 bits per heavy atom. The molecule has 16 heteroatoms. The minimum absolute atomic E-state index is 0.00151. The van der Waals surface area contributed by atoms with Crippen molar-refractivity contribution in [2.45, 2.75) is 60.5 Å². The molecule has 0 bridgehead atoms. The number of nitrogens with zero attached hydrogens (tertiary/aromatic N) is 2. The molecule has 1 aromatic heterocycles. The van der Waals surface area contributed by atoms with Crippen LogP contribution < -0.4 is 10.0 Å². The van der Waals surface area contributed by atoms with Crippen LogP contribution in [0.3, 0.4) is 0 Å². The predicted molar refractivity (Wildman–Crippen MR) is 132 cm³/mol. The number of likely N-dealkylation sites (tertiary alicyclic amines) is 2. The molecule has 4 unspecified atom stereocenters. The molecule has 14 nitrogen and oxygen atoms in total. The number of hydrogen-bond donors (Lipinski definition) is 4. The van der Waals surface area contributed by atoms with Crippen LogP contribution in [0.2, 0.25) is 0 Å². The number of thiophene rings is 1. The molecule has 2 fully saturated rings. The summed E-state index contributed by atoms with van der Waals surface area (Å²) in [6.45, 7) is -0.336. The molecule has 3 rings (SSSR count). The van der Waals surface area contributed by atoms with Gasteiger partial charge in [0.1, 0.15) is 22.9 Å². The molecule has 2 saturated heterocycles. The number of methoxy groups -OCH3 is 1. The third kappa shape index (κ3) is 7.27. The van der Waals surface area contributed by atoms with Gasteiger partial charge in [0, 0.05) is 51.5 Å². The van der Waals surface area contributed by atoms with E-state index in [0.717, 1.165) is 21.1 Å². The van der Waals surface area contributed by atoms with Crippen molar-refractivity contribution in [1.29, 1.82) is 0 Å². The molecule has 3 heterocycles. The highest BCUT2D eigenvalue weighted by Crippen LogP contribution is 2.24. The van der Waals surface area contributed by atoms with Crippen LogP contribution in [0.4, 0.5) is 0 Å². The summed E-state index contributed by atoms with van der Waals surface area (Å²) in [5.74, 6) is -3.97. The lowest BCUT2D eigenvalue weighted by molar-refractivity contribution is -0.149. The van der Waals surface area contributed by atoms with Crippen molar-refractivity contribution in [1.82, 2.24) is 19.8 Å². The van der Waals surface area contributed by atoms with Gasteiger partial charge in [0.25, 0.3) is 0 Å². The minimum Gasteiger partial charge on any atom is -0.480 e. The summed E-state index contributed by atoms with van der Waals surface area (Å²) in [6, 6.07) is -0.704. The van der Waals surface area contributed by atoms with Crippen LogP contribution in [0.1, 0.15) is 32.1 Å². The number of aliphatic carboxylic acids is 2. The number of ether oxygens (including phenoxy) is 1. The third-order valence-electron chi connectivity index (χ3n) is 6.32. The second-order valence-electron chi connectivity index (χ2n) is 9.07. The van der Waals surface area contributed by atoms with Gasteiger partial charge in [-0.1, -0.05) is 6.07 Å². The SMILES string of the molecule is COCC(=O)NC1CC(C(=O)O)N(C(=O)CCCC(=O)N2CC(NS(=O)(=O)c3cccs3)CC2C(=O)O)C1. The van der Waals surface area contributed by atoms with Crippen LogP contribution >= 0.6 is 11.3 Å². The smallest absolute Gasteiger partial charge is 0.326 e. The highest BCUT2D eigenvalue weighted by molar-refractivity contribution is 7.91. The Balaban J connectivity index is 1.54. The van der Waals surface area contributed by atoms with Gasteiger partial charge in [0.2, 0.25) is 27.7 Å². The molecule has 0 aromatic carbocycles. The van der Waals surface area contributed by atoms with E-state index in [2.05, 4.69) is 10.0 Å². The van der Waals surface area contributed by atoms with E-state index < -0.39 is 63.9 Å². The molecule has 0 aliphatic carbocycles. The molecular weight excluding hydrogens is 544 g/mol. The van der Waals surface area contributed by atoms with Crippen molar-refractivity contribution in [3.63, 3.8) is 0 Å². The van der Waals surface area contributed by atoms with Gasteiger partial charge in [0.05, 0.1) is 0 Å². The highest BCUT2D eigenvalue weighted by atomic mass is 32.2. The predicted octanol–water partition coefficient (Wildman–Crippen LogP) is -0.932. The summed E-state index contributed by atoms with van der Waals surface area (Å²) in [4.78, 5) is 62.9. The molecule has 2 aliphatic heterocycles. The molecule has 4 atom stereocenters. The lowest BCUT2D eigenvalue weighted by Crippen LogP contribution is -2.42. The summed E-state index contributed by atoms with van der Waals surface area (Å²) in [6.07, 6.45) is -0.370. The number of carboxylic acid groups (broad SMARTS) is 2. The summed E-state index contributed by atoms with van der Waals surface area (Å²) >= 11 is 1.01. The van der Waals surface area contributed by atoms with Crippen molar-refractivity contribution in [3.05, 3.63) is 17.5 Å². The van der Waals surface area contributed by atoms with E-state index in [1.165, 1.54) is 13.2 Å². The van der Waals surface area contributed by atoms with Gasteiger partial charge in [-0.15, -0.1) is 11.3 Å². The van der Waals surface area contributed by atoms with Crippen molar-refractivity contribution >= 4 is 51.0 Å². The van der Waals surface area contributed by atoms with Crippen LogP contribution in [-0.2, 0) is 38.7 Å². The lowest BCUT2D eigenvalue weighted by atomic mass is 10.1. The number of carbonyl (C=O) groups excluding carboxylic acids is 3. The first-order valence-electron chi connectivity index (χ1n) is 11.8. The molecule has 0 spiro atoms. The zero-order chi connectivity index (χ0) is 28.0. The van der Waals surface area contributed by atoms with Gasteiger partial charge in [0.15, 0.2) is 0 Å². The minimum atomic E-state index is -3.86. The molecule has 1 aromatic rings.